The molecule has 140 valence electrons. The molecule has 3 rings (SSSR count). The first-order chi connectivity index (χ1) is 11.9. The minimum absolute atomic E-state index is 0.0110. The molecule has 2 saturated carbocycles. The monoisotopic (exact) mass is 383 g/mol. The van der Waals surface area contributed by atoms with Gasteiger partial charge in [-0.1, -0.05) is 43.7 Å². The fraction of sp³-hybridized carbons (Fsp3) is 0.789. The van der Waals surface area contributed by atoms with Gasteiger partial charge in [-0.15, -0.1) is 0 Å². The van der Waals surface area contributed by atoms with Gasteiger partial charge in [0.25, 0.3) is 0 Å². The van der Waals surface area contributed by atoms with E-state index in [1.54, 1.807) is 6.20 Å². The van der Waals surface area contributed by atoms with Crippen molar-refractivity contribution >= 4 is 34.1 Å². The van der Waals surface area contributed by atoms with E-state index in [2.05, 4.69) is 36.0 Å². The number of hydrogen-bond donors (Lipinski definition) is 1. The standard InChI is InChI=1S/C19H30ClN3OS/c1-12-4-6-15(7-5-12)23(16-9-13(2)8-14(3)10-16)19(24)22-18-21-11-17(20)25-18/h11-16H,4-10H2,1-3H3,(H,21,22,24)/t12?,13-,14+,15?,16?. The van der Waals surface area contributed by atoms with Crippen LogP contribution in [-0.2, 0) is 0 Å². The van der Waals surface area contributed by atoms with Gasteiger partial charge in [0.05, 0.1) is 6.20 Å². The van der Waals surface area contributed by atoms with E-state index in [9.17, 15) is 4.79 Å². The summed E-state index contributed by atoms with van der Waals surface area (Å²) in [6, 6.07) is 0.707. The van der Waals surface area contributed by atoms with Crippen LogP contribution in [0.25, 0.3) is 0 Å². The average Bonchev–Trinajstić information content (AvgIpc) is 2.93. The van der Waals surface area contributed by atoms with Crippen molar-refractivity contribution in [2.75, 3.05) is 5.32 Å². The molecule has 25 heavy (non-hydrogen) atoms. The van der Waals surface area contributed by atoms with Gasteiger partial charge in [-0.2, -0.15) is 0 Å². The van der Waals surface area contributed by atoms with Crippen molar-refractivity contribution in [2.45, 2.75) is 77.8 Å². The number of carbonyl (C=O) groups excluding carboxylic acids is 1. The summed E-state index contributed by atoms with van der Waals surface area (Å²) in [4.78, 5) is 19.5. The molecule has 0 bridgehead atoms. The summed E-state index contributed by atoms with van der Waals surface area (Å²) in [7, 11) is 0. The van der Waals surface area contributed by atoms with Crippen LogP contribution in [0.3, 0.4) is 0 Å². The largest absolute Gasteiger partial charge is 0.324 e. The summed E-state index contributed by atoms with van der Waals surface area (Å²) in [5.41, 5.74) is 0. The van der Waals surface area contributed by atoms with Gasteiger partial charge in [-0.05, 0) is 62.7 Å². The van der Waals surface area contributed by atoms with Crippen molar-refractivity contribution in [1.29, 1.82) is 0 Å². The van der Waals surface area contributed by atoms with Crippen molar-refractivity contribution in [3.8, 4) is 0 Å². The van der Waals surface area contributed by atoms with Gasteiger partial charge in [0.2, 0.25) is 0 Å². The van der Waals surface area contributed by atoms with Crippen LogP contribution in [0.5, 0.6) is 0 Å². The molecule has 6 heteroatoms. The second-order valence-electron chi connectivity index (χ2n) is 8.29. The number of thiazole rings is 1. The highest BCUT2D eigenvalue weighted by atomic mass is 35.5. The van der Waals surface area contributed by atoms with Crippen molar-refractivity contribution in [3.05, 3.63) is 10.5 Å². The second kappa shape index (κ2) is 8.26. The summed E-state index contributed by atoms with van der Waals surface area (Å²) in [6.45, 7) is 6.97. The van der Waals surface area contributed by atoms with E-state index in [1.807, 2.05) is 0 Å². The smallest absolute Gasteiger partial charge is 0.318 e. The highest BCUT2D eigenvalue weighted by molar-refractivity contribution is 7.19. The number of amides is 2. The van der Waals surface area contributed by atoms with Crippen LogP contribution >= 0.6 is 22.9 Å². The minimum Gasteiger partial charge on any atom is -0.318 e. The number of nitrogens with one attached hydrogen (secondary N) is 1. The molecule has 0 aliphatic heterocycles. The van der Waals surface area contributed by atoms with Crippen LogP contribution < -0.4 is 5.32 Å². The lowest BCUT2D eigenvalue weighted by Crippen LogP contribution is -2.52. The number of hydrogen-bond acceptors (Lipinski definition) is 3. The van der Waals surface area contributed by atoms with Gasteiger partial charge in [-0.25, -0.2) is 9.78 Å². The molecule has 2 amide bonds. The average molecular weight is 384 g/mol. The first-order valence-electron chi connectivity index (χ1n) is 9.63. The number of urea groups is 1. The van der Waals surface area contributed by atoms with Gasteiger partial charge >= 0.3 is 6.03 Å². The third kappa shape index (κ3) is 4.88. The molecule has 1 aromatic rings. The lowest BCUT2D eigenvalue weighted by molar-refractivity contribution is 0.0804. The zero-order valence-corrected chi connectivity index (χ0v) is 17.1. The van der Waals surface area contributed by atoms with E-state index >= 15 is 0 Å². The Morgan fingerprint density at radius 3 is 2.28 bits per heavy atom. The fourth-order valence-electron chi connectivity index (χ4n) is 4.75. The molecule has 0 spiro atoms. The second-order valence-corrected chi connectivity index (χ2v) is 9.95. The molecule has 0 radical (unpaired) electrons. The van der Waals surface area contributed by atoms with Gasteiger partial charge in [0.15, 0.2) is 5.13 Å². The molecular weight excluding hydrogens is 354 g/mol. The van der Waals surface area contributed by atoms with Crippen molar-refractivity contribution in [1.82, 2.24) is 9.88 Å². The topological polar surface area (TPSA) is 45.2 Å². The van der Waals surface area contributed by atoms with Crippen LogP contribution in [-0.4, -0.2) is 28.0 Å². The van der Waals surface area contributed by atoms with Crippen LogP contribution in [0.1, 0.15) is 65.7 Å². The molecule has 1 aromatic heterocycles. The third-order valence-electron chi connectivity index (χ3n) is 5.85. The van der Waals surface area contributed by atoms with Gasteiger partial charge in [0, 0.05) is 12.1 Å². The Bertz CT molecular complexity index is 575. The van der Waals surface area contributed by atoms with Crippen molar-refractivity contribution < 1.29 is 4.79 Å². The van der Waals surface area contributed by atoms with E-state index in [0.717, 1.165) is 31.6 Å². The van der Waals surface area contributed by atoms with Crippen molar-refractivity contribution in [3.63, 3.8) is 0 Å². The van der Waals surface area contributed by atoms with Gasteiger partial charge < -0.3 is 4.90 Å². The molecule has 2 aliphatic rings. The van der Waals surface area contributed by atoms with Crippen LogP contribution in [0, 0.1) is 17.8 Å². The molecule has 3 atom stereocenters. The molecule has 4 nitrogen and oxygen atoms in total. The minimum atomic E-state index is 0.0110. The maximum absolute atomic E-state index is 13.2. The lowest BCUT2D eigenvalue weighted by atomic mass is 9.78. The van der Waals surface area contributed by atoms with Crippen LogP contribution in [0.15, 0.2) is 6.20 Å². The maximum atomic E-state index is 13.2. The Kier molecular flexibility index (Phi) is 6.26. The number of rotatable bonds is 3. The molecular formula is C19H30ClN3OS. The normalized spacial score (nSPS) is 33.0. The number of carbonyl (C=O) groups is 1. The zero-order valence-electron chi connectivity index (χ0n) is 15.5. The zero-order chi connectivity index (χ0) is 18.0. The third-order valence-corrected chi connectivity index (χ3v) is 6.88. The van der Waals surface area contributed by atoms with Crippen LogP contribution in [0.4, 0.5) is 9.93 Å². The Balaban J connectivity index is 1.76. The number of halogens is 1. The molecule has 0 aromatic carbocycles. The van der Waals surface area contributed by atoms with Crippen molar-refractivity contribution in [2.24, 2.45) is 17.8 Å². The predicted octanol–water partition coefficient (Wildman–Crippen LogP) is 6.03. The summed E-state index contributed by atoms with van der Waals surface area (Å²) < 4.78 is 0.605. The van der Waals surface area contributed by atoms with Gasteiger partial charge in [0.1, 0.15) is 4.34 Å². The maximum Gasteiger partial charge on any atom is 0.324 e. The molecule has 0 saturated heterocycles. The van der Waals surface area contributed by atoms with Crippen LogP contribution in [0.2, 0.25) is 4.34 Å². The fourth-order valence-corrected chi connectivity index (χ4v) is 5.55. The molecule has 2 fully saturated rings. The summed E-state index contributed by atoms with van der Waals surface area (Å²) in [5.74, 6) is 2.14. The van der Waals surface area contributed by atoms with E-state index in [1.165, 1.54) is 30.6 Å². The summed E-state index contributed by atoms with van der Waals surface area (Å²) >= 11 is 7.29. The molecule has 1 N–H and O–H groups in total. The first kappa shape index (κ1) is 19.0. The van der Waals surface area contributed by atoms with E-state index in [-0.39, 0.29) is 6.03 Å². The Morgan fingerprint density at radius 2 is 1.72 bits per heavy atom. The van der Waals surface area contributed by atoms with E-state index in [4.69, 9.17) is 11.6 Å². The first-order valence-corrected chi connectivity index (χ1v) is 10.8. The molecule has 1 unspecified atom stereocenters. The van der Waals surface area contributed by atoms with E-state index < -0.39 is 0 Å². The number of anilines is 1. The van der Waals surface area contributed by atoms with Gasteiger partial charge in [-0.3, -0.25) is 5.32 Å². The Labute approximate surface area is 160 Å². The number of nitrogens with zero attached hydrogens (tertiary/aromatic N) is 2. The van der Waals surface area contributed by atoms with E-state index in [0.29, 0.717) is 33.4 Å². The highest BCUT2D eigenvalue weighted by Gasteiger charge is 2.36. The predicted molar refractivity (Wildman–Crippen MR) is 105 cm³/mol. The molecule has 1 heterocycles. The summed E-state index contributed by atoms with van der Waals surface area (Å²) in [5, 5.41) is 3.61. The Morgan fingerprint density at radius 1 is 1.08 bits per heavy atom. The lowest BCUT2D eigenvalue weighted by Gasteiger charge is -2.44. The highest BCUT2D eigenvalue weighted by Crippen LogP contribution is 2.36. The quantitative estimate of drug-likeness (QED) is 0.692. The molecule has 2 aliphatic carbocycles. The SMILES string of the molecule is CC1CCC(N(C(=O)Nc2ncc(Cl)s2)C2C[C@@H](C)C[C@@H](C)C2)CC1. The summed E-state index contributed by atoms with van der Waals surface area (Å²) in [6.07, 6.45) is 9.77. The number of aromatic nitrogens is 1. The Hall–Kier alpha value is -0.810.